The van der Waals surface area contributed by atoms with Crippen LogP contribution >= 0.6 is 11.3 Å². The number of aryl methyl sites for hydroxylation is 1. The molecule has 0 bridgehead atoms. The lowest BCUT2D eigenvalue weighted by molar-refractivity contribution is 0.671. The monoisotopic (exact) mass is 295 g/mol. The first-order valence-corrected chi connectivity index (χ1v) is 8.37. The van der Waals surface area contributed by atoms with Crippen LogP contribution in [0.15, 0.2) is 54.6 Å². The van der Waals surface area contributed by atoms with E-state index in [1.165, 1.54) is 26.1 Å². The number of hydrogen-bond donors (Lipinski definition) is 1. The highest BCUT2D eigenvalue weighted by Gasteiger charge is 2.08. The zero-order valence-electron chi connectivity index (χ0n) is 12.4. The van der Waals surface area contributed by atoms with Gasteiger partial charge in [-0.25, -0.2) is 0 Å². The Balaban J connectivity index is 1.69. The van der Waals surface area contributed by atoms with Crippen LogP contribution in [-0.4, -0.2) is 6.04 Å². The highest BCUT2D eigenvalue weighted by Crippen LogP contribution is 2.20. The van der Waals surface area contributed by atoms with Crippen LogP contribution in [0.1, 0.15) is 22.2 Å². The van der Waals surface area contributed by atoms with Gasteiger partial charge >= 0.3 is 0 Å². The quantitative estimate of drug-likeness (QED) is 0.732. The van der Waals surface area contributed by atoms with Gasteiger partial charge in [-0.15, -0.1) is 11.3 Å². The molecule has 3 rings (SSSR count). The Kier molecular flexibility index (Phi) is 4.37. The van der Waals surface area contributed by atoms with Crippen LogP contribution in [-0.2, 0) is 19.3 Å². The van der Waals surface area contributed by atoms with E-state index in [0.29, 0.717) is 0 Å². The summed E-state index contributed by atoms with van der Waals surface area (Å²) in [5.74, 6) is 0. The van der Waals surface area contributed by atoms with Gasteiger partial charge in [-0.3, -0.25) is 0 Å². The SMILES string of the molecule is CCc1ccc(CC(N)Cc2ccc3ccccc3c2)s1. The summed E-state index contributed by atoms with van der Waals surface area (Å²) in [5.41, 5.74) is 7.67. The molecule has 0 aliphatic heterocycles. The van der Waals surface area contributed by atoms with E-state index in [-0.39, 0.29) is 6.04 Å². The summed E-state index contributed by atoms with van der Waals surface area (Å²) < 4.78 is 0. The van der Waals surface area contributed by atoms with Gasteiger partial charge in [0.05, 0.1) is 0 Å². The number of hydrogen-bond acceptors (Lipinski definition) is 2. The van der Waals surface area contributed by atoms with Crippen LogP contribution in [0, 0.1) is 0 Å². The van der Waals surface area contributed by atoms with E-state index in [1.54, 1.807) is 0 Å². The maximum Gasteiger partial charge on any atom is 0.0128 e. The molecule has 0 spiro atoms. The minimum absolute atomic E-state index is 0.189. The van der Waals surface area contributed by atoms with Gasteiger partial charge in [0.15, 0.2) is 0 Å². The van der Waals surface area contributed by atoms with Gasteiger partial charge in [0.25, 0.3) is 0 Å². The lowest BCUT2D eigenvalue weighted by atomic mass is 10.0. The number of benzene rings is 2. The smallest absolute Gasteiger partial charge is 0.0128 e. The first-order chi connectivity index (χ1) is 10.2. The minimum Gasteiger partial charge on any atom is -0.327 e. The average molecular weight is 295 g/mol. The molecule has 1 unspecified atom stereocenters. The maximum atomic E-state index is 6.34. The zero-order chi connectivity index (χ0) is 14.7. The van der Waals surface area contributed by atoms with E-state index in [1.807, 2.05) is 11.3 Å². The first-order valence-electron chi connectivity index (χ1n) is 7.55. The van der Waals surface area contributed by atoms with Crippen molar-refractivity contribution in [2.75, 3.05) is 0 Å². The number of rotatable bonds is 5. The van der Waals surface area contributed by atoms with Gasteiger partial charge in [0.1, 0.15) is 0 Å². The van der Waals surface area contributed by atoms with Crippen molar-refractivity contribution in [1.82, 2.24) is 0 Å². The second kappa shape index (κ2) is 6.42. The van der Waals surface area contributed by atoms with E-state index < -0.39 is 0 Å². The van der Waals surface area contributed by atoms with Crippen molar-refractivity contribution < 1.29 is 0 Å². The Morgan fingerprint density at radius 2 is 1.67 bits per heavy atom. The molecule has 0 aliphatic rings. The van der Waals surface area contributed by atoms with Crippen LogP contribution < -0.4 is 5.73 Å². The summed E-state index contributed by atoms with van der Waals surface area (Å²) in [5, 5.41) is 2.59. The Morgan fingerprint density at radius 3 is 2.43 bits per heavy atom. The normalized spacial score (nSPS) is 12.7. The summed E-state index contributed by atoms with van der Waals surface area (Å²) in [7, 11) is 0. The standard InChI is InChI=1S/C19H21NS/c1-2-18-9-10-19(21-18)13-17(20)12-14-7-8-15-5-3-4-6-16(15)11-14/h3-11,17H,2,12-13,20H2,1H3. The molecular formula is C19H21NS. The molecule has 1 aromatic heterocycles. The van der Waals surface area contributed by atoms with Crippen molar-refractivity contribution in [2.45, 2.75) is 32.2 Å². The van der Waals surface area contributed by atoms with Crippen LogP contribution in [0.3, 0.4) is 0 Å². The van der Waals surface area contributed by atoms with Crippen molar-refractivity contribution in [1.29, 1.82) is 0 Å². The lowest BCUT2D eigenvalue weighted by Gasteiger charge is -2.11. The highest BCUT2D eigenvalue weighted by atomic mass is 32.1. The zero-order valence-corrected chi connectivity index (χ0v) is 13.2. The Bertz CT molecular complexity index is 729. The summed E-state index contributed by atoms with van der Waals surface area (Å²) in [6, 6.07) is 19.8. The number of thiophene rings is 1. The largest absolute Gasteiger partial charge is 0.327 e. The van der Waals surface area contributed by atoms with E-state index in [9.17, 15) is 0 Å². The summed E-state index contributed by atoms with van der Waals surface area (Å²) in [6.07, 6.45) is 3.02. The maximum absolute atomic E-state index is 6.34. The van der Waals surface area contributed by atoms with E-state index in [0.717, 1.165) is 19.3 Å². The molecule has 0 amide bonds. The summed E-state index contributed by atoms with van der Waals surface area (Å²) >= 11 is 1.89. The third kappa shape index (κ3) is 3.52. The molecule has 0 aliphatic carbocycles. The Labute approximate surface area is 130 Å². The van der Waals surface area contributed by atoms with Gasteiger partial charge in [0, 0.05) is 15.8 Å². The van der Waals surface area contributed by atoms with Crippen molar-refractivity contribution in [3.63, 3.8) is 0 Å². The molecule has 0 radical (unpaired) electrons. The molecule has 2 N–H and O–H groups in total. The molecule has 2 aromatic carbocycles. The molecule has 108 valence electrons. The molecule has 0 saturated carbocycles. The van der Waals surface area contributed by atoms with Crippen LogP contribution in [0.25, 0.3) is 10.8 Å². The topological polar surface area (TPSA) is 26.0 Å². The molecular weight excluding hydrogens is 274 g/mol. The van der Waals surface area contributed by atoms with Gasteiger partial charge < -0.3 is 5.73 Å². The minimum atomic E-state index is 0.189. The van der Waals surface area contributed by atoms with Gasteiger partial charge in [-0.1, -0.05) is 49.4 Å². The molecule has 0 fully saturated rings. The van der Waals surface area contributed by atoms with Crippen molar-refractivity contribution in [2.24, 2.45) is 5.73 Å². The Hall–Kier alpha value is -1.64. The lowest BCUT2D eigenvalue weighted by Crippen LogP contribution is -2.25. The fraction of sp³-hybridized carbons (Fsp3) is 0.263. The first kappa shape index (κ1) is 14.3. The average Bonchev–Trinajstić information content (AvgIpc) is 2.94. The summed E-state index contributed by atoms with van der Waals surface area (Å²) in [6.45, 7) is 2.20. The van der Waals surface area contributed by atoms with Crippen molar-refractivity contribution >= 4 is 22.1 Å². The van der Waals surface area contributed by atoms with E-state index in [4.69, 9.17) is 5.73 Å². The van der Waals surface area contributed by atoms with E-state index >= 15 is 0 Å². The molecule has 1 heterocycles. The number of fused-ring (bicyclic) bond motifs is 1. The molecule has 21 heavy (non-hydrogen) atoms. The number of nitrogens with two attached hydrogens (primary N) is 1. The van der Waals surface area contributed by atoms with Crippen LogP contribution in [0.5, 0.6) is 0 Å². The molecule has 1 atom stereocenters. The predicted octanol–water partition coefficient (Wildman–Crippen LogP) is 4.58. The predicted molar refractivity (Wildman–Crippen MR) is 93.0 cm³/mol. The van der Waals surface area contributed by atoms with Crippen LogP contribution in [0.2, 0.25) is 0 Å². The fourth-order valence-corrected chi connectivity index (χ4v) is 3.77. The third-order valence-electron chi connectivity index (χ3n) is 3.84. The van der Waals surface area contributed by atoms with Gasteiger partial charge in [0.2, 0.25) is 0 Å². The Morgan fingerprint density at radius 1 is 0.905 bits per heavy atom. The molecule has 1 nitrogen and oxygen atoms in total. The van der Waals surface area contributed by atoms with Crippen LogP contribution in [0.4, 0.5) is 0 Å². The van der Waals surface area contributed by atoms with E-state index in [2.05, 4.69) is 61.5 Å². The highest BCUT2D eigenvalue weighted by molar-refractivity contribution is 7.11. The van der Waals surface area contributed by atoms with Gasteiger partial charge in [-0.05, 0) is 47.7 Å². The second-order valence-corrected chi connectivity index (χ2v) is 6.82. The molecule has 2 heteroatoms. The summed E-state index contributed by atoms with van der Waals surface area (Å²) in [4.78, 5) is 2.85. The van der Waals surface area contributed by atoms with Gasteiger partial charge in [-0.2, -0.15) is 0 Å². The van der Waals surface area contributed by atoms with Crippen molar-refractivity contribution in [3.05, 3.63) is 69.9 Å². The molecule has 3 aromatic rings. The second-order valence-electron chi connectivity index (χ2n) is 5.57. The van der Waals surface area contributed by atoms with Crippen molar-refractivity contribution in [3.8, 4) is 0 Å². The molecule has 0 saturated heterocycles. The third-order valence-corrected chi connectivity index (χ3v) is 5.09. The fourth-order valence-electron chi connectivity index (χ4n) is 2.72.